The summed E-state index contributed by atoms with van der Waals surface area (Å²) in [4.78, 5) is 32.1. The van der Waals surface area contributed by atoms with Crippen molar-refractivity contribution in [3.05, 3.63) is 99.3 Å². The number of para-hydroxylation sites is 1. The number of hydrogen-bond donors (Lipinski definition) is 3. The molecule has 0 unspecified atom stereocenters. The van der Waals surface area contributed by atoms with Crippen molar-refractivity contribution < 1.29 is 9.53 Å². The number of amides is 1. The van der Waals surface area contributed by atoms with Gasteiger partial charge in [0.25, 0.3) is 11.5 Å². The number of benzene rings is 3. The van der Waals surface area contributed by atoms with Crippen molar-refractivity contribution in [2.75, 3.05) is 17.7 Å². The highest BCUT2D eigenvalue weighted by Gasteiger charge is 2.15. The fraction of sp³-hybridized carbons (Fsp3) is 0.0400. The van der Waals surface area contributed by atoms with E-state index < -0.39 is 5.56 Å². The van der Waals surface area contributed by atoms with E-state index in [-0.39, 0.29) is 23.1 Å². The van der Waals surface area contributed by atoms with E-state index in [0.29, 0.717) is 33.3 Å². The number of aromatic nitrogens is 2. The van der Waals surface area contributed by atoms with Crippen LogP contribution in [0.25, 0.3) is 11.3 Å². The van der Waals surface area contributed by atoms with Crippen LogP contribution < -0.4 is 20.9 Å². The highest BCUT2D eigenvalue weighted by Crippen LogP contribution is 2.25. The maximum absolute atomic E-state index is 12.6. The average molecular weight is 472 g/mol. The molecule has 1 amide bonds. The predicted octanol–water partition coefficient (Wildman–Crippen LogP) is 4.97. The van der Waals surface area contributed by atoms with Crippen molar-refractivity contribution in [1.82, 2.24) is 9.97 Å². The molecule has 0 spiro atoms. The second-order valence-electron chi connectivity index (χ2n) is 7.11. The first kappa shape index (κ1) is 22.6. The molecule has 0 atom stereocenters. The van der Waals surface area contributed by atoms with E-state index in [9.17, 15) is 14.9 Å². The molecular weight excluding hydrogens is 454 g/mol. The smallest absolute Gasteiger partial charge is 0.270 e. The van der Waals surface area contributed by atoms with Gasteiger partial charge in [-0.15, -0.1) is 0 Å². The molecule has 0 bridgehead atoms. The Bertz CT molecular complexity index is 1440. The Morgan fingerprint density at radius 3 is 2.38 bits per heavy atom. The molecule has 8 nitrogen and oxygen atoms in total. The van der Waals surface area contributed by atoms with Crippen LogP contribution in [0.5, 0.6) is 5.75 Å². The normalized spacial score (nSPS) is 10.3. The number of nitrogens with zero attached hydrogens (tertiary/aromatic N) is 2. The van der Waals surface area contributed by atoms with Gasteiger partial charge in [0.05, 0.1) is 18.4 Å². The number of hydrogen-bond acceptors (Lipinski definition) is 6. The third kappa shape index (κ3) is 4.90. The Balaban J connectivity index is 1.60. The first-order valence-corrected chi connectivity index (χ1v) is 10.5. The number of carbonyl (C=O) groups is 1. The molecule has 0 aliphatic heterocycles. The van der Waals surface area contributed by atoms with Gasteiger partial charge in [0, 0.05) is 22.0 Å². The molecule has 3 aromatic carbocycles. The Morgan fingerprint density at radius 1 is 1.03 bits per heavy atom. The van der Waals surface area contributed by atoms with Gasteiger partial charge >= 0.3 is 0 Å². The summed E-state index contributed by atoms with van der Waals surface area (Å²) in [6.45, 7) is 0. The quantitative estimate of drug-likeness (QED) is 0.365. The maximum atomic E-state index is 12.6. The number of nitrogens with one attached hydrogen (secondary N) is 3. The molecule has 0 aliphatic carbocycles. The molecule has 1 aromatic heterocycles. The number of rotatable bonds is 6. The fourth-order valence-electron chi connectivity index (χ4n) is 3.26. The van der Waals surface area contributed by atoms with Gasteiger partial charge in [-0.25, -0.2) is 4.98 Å². The summed E-state index contributed by atoms with van der Waals surface area (Å²) in [5.41, 5.74) is 1.66. The van der Waals surface area contributed by atoms with Crippen LogP contribution in [0.3, 0.4) is 0 Å². The molecule has 0 fully saturated rings. The van der Waals surface area contributed by atoms with E-state index in [2.05, 4.69) is 20.6 Å². The number of anilines is 3. The van der Waals surface area contributed by atoms with E-state index in [4.69, 9.17) is 16.3 Å². The lowest BCUT2D eigenvalue weighted by molar-refractivity contribution is 0.102. The standard InChI is InChI=1S/C25H18ClN5O3/c1-34-21-5-3-2-4-19(21)23(32)28-17-10-6-15(7-11-17)22-20(14-27)24(33)31-25(30-22)29-18-12-8-16(26)9-13-18/h2-13H,1H3,(H,28,32)(H2,29,30,31,33). The Hall–Kier alpha value is -4.61. The third-order valence-electron chi connectivity index (χ3n) is 4.91. The van der Waals surface area contributed by atoms with Crippen LogP contribution >= 0.6 is 11.6 Å². The van der Waals surface area contributed by atoms with Crippen LogP contribution in [-0.4, -0.2) is 23.0 Å². The molecule has 0 saturated heterocycles. The van der Waals surface area contributed by atoms with E-state index >= 15 is 0 Å². The molecule has 9 heteroatoms. The van der Waals surface area contributed by atoms with Gasteiger partial charge in [0.1, 0.15) is 17.4 Å². The lowest BCUT2D eigenvalue weighted by Gasteiger charge is -2.11. The van der Waals surface area contributed by atoms with Crippen LogP contribution in [0.15, 0.2) is 77.6 Å². The number of aromatic amines is 1. The van der Waals surface area contributed by atoms with Gasteiger partial charge in [0.15, 0.2) is 0 Å². The Kier molecular flexibility index (Phi) is 6.57. The first-order chi connectivity index (χ1) is 16.5. The molecular formula is C25H18ClN5O3. The van der Waals surface area contributed by atoms with E-state index in [0.717, 1.165) is 0 Å². The minimum Gasteiger partial charge on any atom is -0.496 e. The Morgan fingerprint density at radius 2 is 1.71 bits per heavy atom. The highest BCUT2D eigenvalue weighted by molar-refractivity contribution is 6.30. The molecule has 4 rings (SSSR count). The van der Waals surface area contributed by atoms with Crippen molar-refractivity contribution in [2.45, 2.75) is 0 Å². The monoisotopic (exact) mass is 471 g/mol. The van der Waals surface area contributed by atoms with Gasteiger partial charge in [-0.05, 0) is 48.5 Å². The molecule has 0 saturated carbocycles. The Labute approximate surface area is 199 Å². The van der Waals surface area contributed by atoms with Gasteiger partial charge in [0.2, 0.25) is 5.95 Å². The predicted molar refractivity (Wildman–Crippen MR) is 131 cm³/mol. The first-order valence-electron chi connectivity index (χ1n) is 10.1. The maximum Gasteiger partial charge on any atom is 0.270 e. The van der Waals surface area contributed by atoms with Crippen molar-refractivity contribution in [3.8, 4) is 23.1 Å². The molecule has 0 aliphatic rings. The summed E-state index contributed by atoms with van der Waals surface area (Å²) in [7, 11) is 1.50. The van der Waals surface area contributed by atoms with E-state index in [1.807, 2.05) is 6.07 Å². The number of halogens is 1. The summed E-state index contributed by atoms with van der Waals surface area (Å²) in [6, 6.07) is 22.3. The minimum atomic E-state index is -0.572. The van der Waals surface area contributed by atoms with Crippen LogP contribution in [0.2, 0.25) is 5.02 Å². The zero-order valence-electron chi connectivity index (χ0n) is 17.9. The summed E-state index contributed by atoms with van der Waals surface area (Å²) in [5.74, 6) is 0.310. The zero-order chi connectivity index (χ0) is 24.1. The van der Waals surface area contributed by atoms with Crippen molar-refractivity contribution in [3.63, 3.8) is 0 Å². The van der Waals surface area contributed by atoms with Crippen LogP contribution in [0.1, 0.15) is 15.9 Å². The molecule has 4 aromatic rings. The largest absolute Gasteiger partial charge is 0.496 e. The van der Waals surface area contributed by atoms with Gasteiger partial charge in [-0.2, -0.15) is 5.26 Å². The molecule has 0 radical (unpaired) electrons. The van der Waals surface area contributed by atoms with E-state index in [1.54, 1.807) is 72.8 Å². The van der Waals surface area contributed by atoms with Crippen molar-refractivity contribution in [1.29, 1.82) is 5.26 Å². The zero-order valence-corrected chi connectivity index (χ0v) is 18.7. The highest BCUT2D eigenvalue weighted by atomic mass is 35.5. The molecule has 34 heavy (non-hydrogen) atoms. The lowest BCUT2D eigenvalue weighted by Crippen LogP contribution is -2.16. The van der Waals surface area contributed by atoms with Crippen molar-refractivity contribution >= 4 is 34.8 Å². The second-order valence-corrected chi connectivity index (χ2v) is 7.55. The molecule has 168 valence electrons. The minimum absolute atomic E-state index is 0.118. The lowest BCUT2D eigenvalue weighted by atomic mass is 10.1. The summed E-state index contributed by atoms with van der Waals surface area (Å²) >= 11 is 5.91. The van der Waals surface area contributed by atoms with Gasteiger partial charge < -0.3 is 15.4 Å². The number of ether oxygens (including phenoxy) is 1. The van der Waals surface area contributed by atoms with Gasteiger partial charge in [-0.3, -0.25) is 14.6 Å². The fourth-order valence-corrected chi connectivity index (χ4v) is 3.38. The number of methoxy groups -OCH3 is 1. The summed E-state index contributed by atoms with van der Waals surface area (Å²) in [6.07, 6.45) is 0. The summed E-state index contributed by atoms with van der Waals surface area (Å²) in [5, 5.41) is 15.9. The average Bonchev–Trinajstić information content (AvgIpc) is 2.85. The summed E-state index contributed by atoms with van der Waals surface area (Å²) < 4.78 is 5.23. The molecule has 1 heterocycles. The SMILES string of the molecule is COc1ccccc1C(=O)Nc1ccc(-c2nc(Nc3ccc(Cl)cc3)[nH]c(=O)c2C#N)cc1. The van der Waals surface area contributed by atoms with Gasteiger partial charge in [-0.1, -0.05) is 35.9 Å². The third-order valence-corrected chi connectivity index (χ3v) is 5.16. The number of carbonyl (C=O) groups excluding carboxylic acids is 1. The second kappa shape index (κ2) is 9.90. The van der Waals surface area contributed by atoms with Crippen molar-refractivity contribution in [2.24, 2.45) is 0 Å². The molecule has 3 N–H and O–H groups in total. The number of H-pyrrole nitrogens is 1. The van der Waals surface area contributed by atoms with Crippen LogP contribution in [0, 0.1) is 11.3 Å². The topological polar surface area (TPSA) is 120 Å². The van der Waals surface area contributed by atoms with Crippen LogP contribution in [0.4, 0.5) is 17.3 Å². The van der Waals surface area contributed by atoms with Crippen LogP contribution in [-0.2, 0) is 0 Å². The number of nitriles is 1. The van der Waals surface area contributed by atoms with E-state index in [1.165, 1.54) is 7.11 Å².